The van der Waals surface area contributed by atoms with Crippen LogP contribution >= 0.6 is 0 Å². The maximum absolute atomic E-state index is 12.0. The lowest BCUT2D eigenvalue weighted by Crippen LogP contribution is -2.46. The summed E-state index contributed by atoms with van der Waals surface area (Å²) in [7, 11) is 0. The normalized spacial score (nSPS) is 14.1. The lowest BCUT2D eigenvalue weighted by Gasteiger charge is -2.26. The van der Waals surface area contributed by atoms with Gasteiger partial charge in [-0.15, -0.1) is 0 Å². The Kier molecular flexibility index (Phi) is 8.06. The van der Waals surface area contributed by atoms with Crippen molar-refractivity contribution in [1.29, 1.82) is 0 Å². The monoisotopic (exact) mass is 322 g/mol. The van der Waals surface area contributed by atoms with E-state index < -0.39 is 18.3 Å². The van der Waals surface area contributed by atoms with Crippen LogP contribution in [-0.4, -0.2) is 42.0 Å². The molecule has 0 heterocycles. The number of aliphatic hydroxyl groups is 1. The van der Waals surface area contributed by atoms with Crippen molar-refractivity contribution < 1.29 is 14.6 Å². The van der Waals surface area contributed by atoms with E-state index in [4.69, 9.17) is 4.74 Å². The Balaban J connectivity index is 2.69. The Morgan fingerprint density at radius 2 is 1.91 bits per heavy atom. The zero-order valence-electron chi connectivity index (χ0n) is 14.6. The van der Waals surface area contributed by atoms with Crippen LogP contribution < -0.4 is 10.6 Å². The fourth-order valence-electron chi connectivity index (χ4n) is 2.13. The van der Waals surface area contributed by atoms with Crippen LogP contribution in [0.3, 0.4) is 0 Å². The molecule has 0 aromatic heterocycles. The molecule has 1 aromatic carbocycles. The van der Waals surface area contributed by atoms with Gasteiger partial charge in [-0.2, -0.15) is 0 Å². The van der Waals surface area contributed by atoms with Gasteiger partial charge < -0.3 is 20.5 Å². The summed E-state index contributed by atoms with van der Waals surface area (Å²) in [6.45, 7) is 8.95. The molecule has 1 amide bonds. The van der Waals surface area contributed by atoms with Gasteiger partial charge in [-0.3, -0.25) is 0 Å². The zero-order valence-corrected chi connectivity index (χ0v) is 14.6. The van der Waals surface area contributed by atoms with Gasteiger partial charge in [-0.1, -0.05) is 37.3 Å². The van der Waals surface area contributed by atoms with Crippen molar-refractivity contribution in [2.45, 2.75) is 58.3 Å². The molecule has 3 N–H and O–H groups in total. The Morgan fingerprint density at radius 1 is 1.26 bits per heavy atom. The molecule has 0 unspecified atom stereocenters. The minimum atomic E-state index is -0.757. The Bertz CT molecular complexity index is 457. The fraction of sp³-hybridized carbons (Fsp3) is 0.611. The molecule has 5 nitrogen and oxygen atoms in total. The van der Waals surface area contributed by atoms with Crippen molar-refractivity contribution >= 4 is 6.09 Å². The summed E-state index contributed by atoms with van der Waals surface area (Å²) in [5.41, 5.74) is 0.648. The predicted octanol–water partition coefficient (Wildman–Crippen LogP) is 2.48. The summed E-state index contributed by atoms with van der Waals surface area (Å²) in [4.78, 5) is 12.0. The van der Waals surface area contributed by atoms with E-state index in [0.29, 0.717) is 13.0 Å². The van der Waals surface area contributed by atoms with Crippen LogP contribution in [0.1, 0.15) is 39.7 Å². The minimum Gasteiger partial charge on any atom is -0.443 e. The molecular formula is C18H30N2O3. The molecule has 23 heavy (non-hydrogen) atoms. The summed E-state index contributed by atoms with van der Waals surface area (Å²) in [6, 6.07) is 9.73. The highest BCUT2D eigenvalue weighted by molar-refractivity contribution is 5.68. The van der Waals surface area contributed by atoms with Gasteiger partial charge in [0.25, 0.3) is 0 Å². The van der Waals surface area contributed by atoms with E-state index in [1.807, 2.05) is 51.1 Å². The van der Waals surface area contributed by atoms with E-state index in [1.54, 1.807) is 0 Å². The predicted molar refractivity (Wildman–Crippen MR) is 92.5 cm³/mol. The Labute approximate surface area is 139 Å². The molecule has 0 saturated heterocycles. The third kappa shape index (κ3) is 8.57. The van der Waals surface area contributed by atoms with Crippen LogP contribution in [0.25, 0.3) is 0 Å². The van der Waals surface area contributed by atoms with E-state index in [2.05, 4.69) is 17.6 Å². The number of amides is 1. The smallest absolute Gasteiger partial charge is 0.407 e. The van der Waals surface area contributed by atoms with Gasteiger partial charge in [0.1, 0.15) is 12.2 Å². The van der Waals surface area contributed by atoms with E-state index in [0.717, 1.165) is 18.5 Å². The van der Waals surface area contributed by atoms with E-state index >= 15 is 0 Å². The summed E-state index contributed by atoms with van der Waals surface area (Å²) < 4.78 is 5.48. The number of ether oxygens (including phenoxy) is 1. The second-order valence-electron chi connectivity index (χ2n) is 6.78. The fourth-order valence-corrected chi connectivity index (χ4v) is 2.13. The first kappa shape index (κ1) is 19.5. The van der Waals surface area contributed by atoms with Crippen molar-refractivity contribution in [2.24, 2.45) is 0 Å². The van der Waals surface area contributed by atoms with Crippen LogP contribution in [0.15, 0.2) is 30.3 Å². The van der Waals surface area contributed by atoms with Crippen molar-refractivity contribution in [3.63, 3.8) is 0 Å². The SMILES string of the molecule is CCCNC[C@@H](O)[C@H](Cc1ccccc1)OC(=O)NC(C)(C)C. The van der Waals surface area contributed by atoms with E-state index in [1.165, 1.54) is 0 Å². The summed E-state index contributed by atoms with van der Waals surface area (Å²) >= 11 is 0. The van der Waals surface area contributed by atoms with Crippen molar-refractivity contribution in [3.05, 3.63) is 35.9 Å². The number of hydrogen-bond acceptors (Lipinski definition) is 4. The molecule has 1 aromatic rings. The first-order valence-corrected chi connectivity index (χ1v) is 8.23. The first-order valence-electron chi connectivity index (χ1n) is 8.23. The number of carbonyl (C=O) groups is 1. The minimum absolute atomic E-state index is 0.375. The molecule has 1 rings (SSSR count). The number of nitrogens with one attached hydrogen (secondary N) is 2. The molecule has 2 atom stereocenters. The molecule has 0 aliphatic rings. The third-order valence-corrected chi connectivity index (χ3v) is 3.22. The molecule has 0 aliphatic heterocycles. The molecule has 0 aliphatic carbocycles. The van der Waals surface area contributed by atoms with Gasteiger partial charge in [0.05, 0.1) is 0 Å². The lowest BCUT2D eigenvalue weighted by molar-refractivity contribution is 0.00167. The van der Waals surface area contributed by atoms with Crippen LogP contribution in [0.5, 0.6) is 0 Å². The number of rotatable bonds is 8. The first-order chi connectivity index (χ1) is 10.8. The highest BCUT2D eigenvalue weighted by atomic mass is 16.6. The molecule has 0 fully saturated rings. The van der Waals surface area contributed by atoms with E-state index in [9.17, 15) is 9.90 Å². The number of hydrogen-bond donors (Lipinski definition) is 3. The highest BCUT2D eigenvalue weighted by Crippen LogP contribution is 2.11. The van der Waals surface area contributed by atoms with Gasteiger partial charge in [0, 0.05) is 18.5 Å². The largest absolute Gasteiger partial charge is 0.443 e. The Morgan fingerprint density at radius 3 is 2.48 bits per heavy atom. The lowest BCUT2D eigenvalue weighted by atomic mass is 10.0. The average molecular weight is 322 g/mol. The maximum Gasteiger partial charge on any atom is 0.407 e. The average Bonchev–Trinajstić information content (AvgIpc) is 2.46. The molecular weight excluding hydrogens is 292 g/mol. The third-order valence-electron chi connectivity index (χ3n) is 3.22. The molecule has 0 saturated carbocycles. The van der Waals surface area contributed by atoms with Crippen molar-refractivity contribution in [3.8, 4) is 0 Å². The summed E-state index contributed by atoms with van der Waals surface area (Å²) in [6.07, 6.45) is -0.390. The van der Waals surface area contributed by atoms with E-state index in [-0.39, 0.29) is 5.54 Å². The van der Waals surface area contributed by atoms with Crippen LogP contribution in [0.2, 0.25) is 0 Å². The van der Waals surface area contributed by atoms with Gasteiger partial charge in [0.15, 0.2) is 0 Å². The highest BCUT2D eigenvalue weighted by Gasteiger charge is 2.25. The number of carbonyl (C=O) groups excluding carboxylic acids is 1. The van der Waals surface area contributed by atoms with Gasteiger partial charge in [0.2, 0.25) is 0 Å². The van der Waals surface area contributed by atoms with Crippen LogP contribution in [-0.2, 0) is 11.2 Å². The Hall–Kier alpha value is -1.59. The van der Waals surface area contributed by atoms with Gasteiger partial charge in [-0.25, -0.2) is 4.79 Å². The van der Waals surface area contributed by atoms with Gasteiger partial charge in [-0.05, 0) is 39.3 Å². The standard InChI is InChI=1S/C18H30N2O3/c1-5-11-19-13-15(21)16(12-14-9-7-6-8-10-14)23-17(22)20-18(2,3)4/h6-10,15-16,19,21H,5,11-13H2,1-4H3,(H,20,22)/t15-,16+/m1/s1. The molecule has 0 spiro atoms. The quantitative estimate of drug-likeness (QED) is 0.643. The number of benzene rings is 1. The molecule has 5 heteroatoms. The summed E-state index contributed by atoms with van der Waals surface area (Å²) in [5.74, 6) is 0. The van der Waals surface area contributed by atoms with Crippen molar-refractivity contribution in [1.82, 2.24) is 10.6 Å². The second kappa shape index (κ2) is 9.53. The van der Waals surface area contributed by atoms with Crippen LogP contribution in [0.4, 0.5) is 4.79 Å². The summed E-state index contributed by atoms with van der Waals surface area (Å²) in [5, 5.41) is 16.3. The van der Waals surface area contributed by atoms with Crippen molar-refractivity contribution in [2.75, 3.05) is 13.1 Å². The van der Waals surface area contributed by atoms with Gasteiger partial charge >= 0.3 is 6.09 Å². The molecule has 0 bridgehead atoms. The molecule has 130 valence electrons. The maximum atomic E-state index is 12.0. The topological polar surface area (TPSA) is 70.6 Å². The second-order valence-corrected chi connectivity index (χ2v) is 6.78. The molecule has 0 radical (unpaired) electrons. The number of alkyl carbamates (subject to hydrolysis) is 1. The number of aliphatic hydroxyl groups excluding tert-OH is 1. The van der Waals surface area contributed by atoms with Crippen LogP contribution in [0, 0.1) is 0 Å². The zero-order chi connectivity index (χ0) is 17.3.